The van der Waals surface area contributed by atoms with Crippen LogP contribution in [0.15, 0.2) is 63.9 Å². The Labute approximate surface area is 189 Å². The SMILES string of the molecule is Cc1ccc(CNC(=O)CSc2nc3c(-c4ccc(C)cc4)csc3c(=O)n2C)cc1. The van der Waals surface area contributed by atoms with Gasteiger partial charge in [0.05, 0.1) is 11.3 Å². The average Bonchev–Trinajstić information content (AvgIpc) is 3.19. The molecule has 0 unspecified atom stereocenters. The Bertz CT molecular complexity index is 1290. The van der Waals surface area contributed by atoms with Gasteiger partial charge in [0.25, 0.3) is 5.56 Å². The summed E-state index contributed by atoms with van der Waals surface area (Å²) in [6, 6.07) is 16.2. The van der Waals surface area contributed by atoms with Crippen molar-refractivity contribution in [3.05, 3.63) is 81.0 Å². The zero-order valence-corrected chi connectivity index (χ0v) is 19.3. The summed E-state index contributed by atoms with van der Waals surface area (Å²) in [7, 11) is 1.70. The highest BCUT2D eigenvalue weighted by atomic mass is 32.2. The van der Waals surface area contributed by atoms with Gasteiger partial charge in [0.1, 0.15) is 4.70 Å². The smallest absolute Gasteiger partial charge is 0.271 e. The van der Waals surface area contributed by atoms with E-state index in [1.807, 2.05) is 67.8 Å². The number of aromatic nitrogens is 2. The normalized spacial score (nSPS) is 11.1. The molecule has 0 saturated heterocycles. The summed E-state index contributed by atoms with van der Waals surface area (Å²) >= 11 is 2.69. The number of hydrogen-bond donors (Lipinski definition) is 1. The summed E-state index contributed by atoms with van der Waals surface area (Å²) in [6.45, 7) is 4.56. The van der Waals surface area contributed by atoms with E-state index in [1.54, 1.807) is 7.05 Å². The van der Waals surface area contributed by atoms with Gasteiger partial charge < -0.3 is 5.32 Å². The van der Waals surface area contributed by atoms with E-state index in [9.17, 15) is 9.59 Å². The monoisotopic (exact) mass is 449 g/mol. The Hall–Kier alpha value is -2.90. The Balaban J connectivity index is 1.52. The number of rotatable bonds is 6. The van der Waals surface area contributed by atoms with Gasteiger partial charge in [0.15, 0.2) is 5.16 Å². The number of amides is 1. The lowest BCUT2D eigenvalue weighted by atomic mass is 10.1. The summed E-state index contributed by atoms with van der Waals surface area (Å²) in [5, 5.41) is 5.44. The molecule has 0 bridgehead atoms. The van der Waals surface area contributed by atoms with Crippen LogP contribution in [0.4, 0.5) is 0 Å². The Morgan fingerprint density at radius 3 is 2.39 bits per heavy atom. The van der Waals surface area contributed by atoms with Gasteiger partial charge in [-0.15, -0.1) is 11.3 Å². The quantitative estimate of drug-likeness (QED) is 0.343. The van der Waals surface area contributed by atoms with Crippen molar-refractivity contribution in [3.63, 3.8) is 0 Å². The van der Waals surface area contributed by atoms with Gasteiger partial charge in [-0.1, -0.05) is 71.4 Å². The molecule has 2 aromatic heterocycles. The van der Waals surface area contributed by atoms with Gasteiger partial charge in [-0.05, 0) is 25.0 Å². The summed E-state index contributed by atoms with van der Waals surface area (Å²) in [6.07, 6.45) is 0. The Kier molecular flexibility index (Phi) is 6.25. The minimum Gasteiger partial charge on any atom is -0.351 e. The van der Waals surface area contributed by atoms with E-state index in [-0.39, 0.29) is 17.2 Å². The van der Waals surface area contributed by atoms with Gasteiger partial charge in [0, 0.05) is 24.5 Å². The van der Waals surface area contributed by atoms with Gasteiger partial charge in [-0.25, -0.2) is 4.98 Å². The van der Waals surface area contributed by atoms with Crippen molar-refractivity contribution < 1.29 is 4.79 Å². The lowest BCUT2D eigenvalue weighted by molar-refractivity contribution is -0.118. The second kappa shape index (κ2) is 9.08. The molecule has 4 rings (SSSR count). The predicted molar refractivity (Wildman–Crippen MR) is 129 cm³/mol. The van der Waals surface area contributed by atoms with Crippen LogP contribution in [0.1, 0.15) is 16.7 Å². The fraction of sp³-hybridized carbons (Fsp3) is 0.208. The maximum absolute atomic E-state index is 12.9. The minimum absolute atomic E-state index is 0.0871. The Morgan fingerprint density at radius 1 is 1.06 bits per heavy atom. The number of thiophene rings is 1. The first-order valence-corrected chi connectivity index (χ1v) is 11.8. The predicted octanol–water partition coefficient (Wildman–Crippen LogP) is 4.69. The van der Waals surface area contributed by atoms with Gasteiger partial charge in [0.2, 0.25) is 5.91 Å². The van der Waals surface area contributed by atoms with Crippen molar-refractivity contribution in [2.45, 2.75) is 25.5 Å². The van der Waals surface area contributed by atoms with Gasteiger partial charge >= 0.3 is 0 Å². The first-order chi connectivity index (χ1) is 14.9. The maximum atomic E-state index is 12.9. The number of carbonyl (C=O) groups is 1. The fourth-order valence-corrected chi connectivity index (χ4v) is 4.96. The lowest BCUT2D eigenvalue weighted by Crippen LogP contribution is -2.25. The highest BCUT2D eigenvalue weighted by Gasteiger charge is 2.16. The number of carbonyl (C=O) groups excluding carboxylic acids is 1. The molecule has 31 heavy (non-hydrogen) atoms. The second-order valence-corrected chi connectivity index (χ2v) is 9.32. The minimum atomic E-state index is -0.0935. The number of nitrogens with zero attached hydrogens (tertiary/aromatic N) is 2. The molecule has 0 radical (unpaired) electrons. The molecule has 2 heterocycles. The van der Waals surface area contributed by atoms with Crippen LogP contribution in [0, 0.1) is 13.8 Å². The molecule has 0 aliphatic heterocycles. The van der Waals surface area contributed by atoms with E-state index in [0.717, 1.165) is 16.7 Å². The van der Waals surface area contributed by atoms with Crippen LogP contribution < -0.4 is 10.9 Å². The fourth-order valence-electron chi connectivity index (χ4n) is 3.18. The number of aryl methyl sites for hydroxylation is 2. The molecule has 1 amide bonds. The molecule has 2 aromatic carbocycles. The second-order valence-electron chi connectivity index (χ2n) is 7.50. The molecule has 0 aliphatic rings. The van der Waals surface area contributed by atoms with Gasteiger partial charge in [-0.2, -0.15) is 0 Å². The van der Waals surface area contributed by atoms with E-state index in [1.165, 1.54) is 38.8 Å². The summed E-state index contributed by atoms with van der Waals surface area (Å²) < 4.78 is 2.15. The molecule has 0 atom stereocenters. The molecular weight excluding hydrogens is 426 g/mol. The zero-order valence-electron chi connectivity index (χ0n) is 17.6. The molecule has 4 aromatic rings. The van der Waals surface area contributed by atoms with Crippen molar-refractivity contribution >= 4 is 39.2 Å². The summed E-state index contributed by atoms with van der Waals surface area (Å²) in [5.74, 6) is 0.103. The Morgan fingerprint density at radius 2 is 1.71 bits per heavy atom. The standard InChI is InChI=1S/C24H23N3O2S2/c1-15-4-8-17(9-5-15)12-25-20(28)14-31-24-26-21-19(18-10-6-16(2)7-11-18)13-30-22(21)23(29)27(24)3/h4-11,13H,12,14H2,1-3H3,(H,25,28). The van der Waals surface area contributed by atoms with E-state index in [2.05, 4.69) is 5.32 Å². The average molecular weight is 450 g/mol. The number of nitrogens with one attached hydrogen (secondary N) is 1. The molecule has 0 saturated carbocycles. The van der Waals surface area contributed by atoms with Crippen LogP contribution in [-0.4, -0.2) is 21.2 Å². The third-order valence-electron chi connectivity index (χ3n) is 5.06. The maximum Gasteiger partial charge on any atom is 0.271 e. The number of fused-ring (bicyclic) bond motifs is 1. The third-order valence-corrected chi connectivity index (χ3v) is 7.05. The number of benzene rings is 2. The topological polar surface area (TPSA) is 64.0 Å². The van der Waals surface area contributed by atoms with Crippen molar-refractivity contribution in [2.24, 2.45) is 7.05 Å². The van der Waals surface area contributed by atoms with Crippen molar-refractivity contribution in [3.8, 4) is 11.1 Å². The highest BCUT2D eigenvalue weighted by molar-refractivity contribution is 7.99. The zero-order chi connectivity index (χ0) is 22.0. The van der Waals surface area contributed by atoms with Crippen LogP contribution >= 0.6 is 23.1 Å². The largest absolute Gasteiger partial charge is 0.351 e. The number of thioether (sulfide) groups is 1. The van der Waals surface area contributed by atoms with E-state index < -0.39 is 0 Å². The van der Waals surface area contributed by atoms with E-state index in [4.69, 9.17) is 4.98 Å². The summed E-state index contributed by atoms with van der Waals surface area (Å²) in [5.41, 5.74) is 6.01. The lowest BCUT2D eigenvalue weighted by Gasteiger charge is -2.09. The molecule has 0 aliphatic carbocycles. The van der Waals surface area contributed by atoms with Crippen LogP contribution in [0.3, 0.4) is 0 Å². The summed E-state index contributed by atoms with van der Waals surface area (Å²) in [4.78, 5) is 29.9. The molecular formula is C24H23N3O2S2. The third kappa shape index (κ3) is 4.73. The molecule has 0 fully saturated rings. The van der Waals surface area contributed by atoms with Crippen LogP contribution in [0.2, 0.25) is 0 Å². The van der Waals surface area contributed by atoms with E-state index >= 15 is 0 Å². The van der Waals surface area contributed by atoms with Crippen molar-refractivity contribution in [2.75, 3.05) is 5.75 Å². The van der Waals surface area contributed by atoms with Crippen LogP contribution in [-0.2, 0) is 18.4 Å². The molecule has 7 heteroatoms. The van der Waals surface area contributed by atoms with Gasteiger partial charge in [-0.3, -0.25) is 14.2 Å². The number of hydrogen-bond acceptors (Lipinski definition) is 5. The first-order valence-electron chi connectivity index (χ1n) is 9.92. The first kappa shape index (κ1) is 21.3. The van der Waals surface area contributed by atoms with Crippen LogP contribution in [0.25, 0.3) is 21.3 Å². The van der Waals surface area contributed by atoms with Crippen molar-refractivity contribution in [1.29, 1.82) is 0 Å². The molecule has 5 nitrogen and oxygen atoms in total. The highest BCUT2D eigenvalue weighted by Crippen LogP contribution is 2.32. The molecule has 158 valence electrons. The van der Waals surface area contributed by atoms with E-state index in [0.29, 0.717) is 21.9 Å². The molecule has 0 spiro atoms. The molecule has 1 N–H and O–H groups in total. The van der Waals surface area contributed by atoms with Crippen molar-refractivity contribution in [1.82, 2.24) is 14.9 Å². The van der Waals surface area contributed by atoms with Crippen LogP contribution in [0.5, 0.6) is 0 Å².